The number of nitrogens with zero attached hydrogens (tertiary/aromatic N) is 5. The number of hydrogen-bond donors (Lipinski definition) is 3. The van der Waals surface area contributed by atoms with Crippen LogP contribution in [0.15, 0.2) is 47.4 Å². The van der Waals surface area contributed by atoms with Crippen molar-refractivity contribution in [2.75, 3.05) is 24.1 Å². The minimum Gasteiger partial charge on any atom is -0.382 e. The Hall–Kier alpha value is -3.72. The fraction of sp³-hybridized carbons (Fsp3) is 0.304. The highest BCUT2D eigenvalue weighted by Crippen LogP contribution is 2.19. The van der Waals surface area contributed by atoms with Gasteiger partial charge in [0, 0.05) is 18.4 Å². The first-order valence-corrected chi connectivity index (χ1v) is 10.8. The molecule has 1 fully saturated rings. The maximum absolute atomic E-state index is 12.4. The van der Waals surface area contributed by atoms with Crippen LogP contribution < -0.4 is 16.7 Å². The number of benzene rings is 1. The predicted molar refractivity (Wildman–Crippen MR) is 125 cm³/mol. The molecule has 0 radical (unpaired) electrons. The van der Waals surface area contributed by atoms with Gasteiger partial charge in [-0.25, -0.2) is 19.7 Å². The number of nitrogens with one attached hydrogen (secondary N) is 2. The molecule has 164 valence electrons. The zero-order valence-electron chi connectivity index (χ0n) is 18.0. The molecule has 0 atom stereocenters. The average molecular weight is 431 g/mol. The molecular weight excluding hydrogens is 404 g/mol. The summed E-state index contributed by atoms with van der Waals surface area (Å²) in [7, 11) is 0. The summed E-state index contributed by atoms with van der Waals surface area (Å²) in [4.78, 5) is 30.6. The van der Waals surface area contributed by atoms with Crippen molar-refractivity contribution >= 4 is 28.5 Å². The molecule has 32 heavy (non-hydrogen) atoms. The number of aromatic nitrogens is 5. The molecule has 4 heterocycles. The van der Waals surface area contributed by atoms with E-state index >= 15 is 0 Å². The Bertz CT molecular complexity index is 1280. The molecule has 1 saturated heterocycles. The molecule has 0 unspecified atom stereocenters. The zero-order valence-corrected chi connectivity index (χ0v) is 18.0. The second-order valence-corrected chi connectivity index (χ2v) is 8.23. The summed E-state index contributed by atoms with van der Waals surface area (Å²) in [5, 5.41) is 3.33. The third-order valence-corrected chi connectivity index (χ3v) is 5.76. The van der Waals surface area contributed by atoms with Crippen molar-refractivity contribution in [2.45, 2.75) is 32.9 Å². The van der Waals surface area contributed by atoms with Crippen molar-refractivity contribution in [3.63, 3.8) is 0 Å². The van der Waals surface area contributed by atoms with Gasteiger partial charge in [0.15, 0.2) is 11.5 Å². The van der Waals surface area contributed by atoms with Gasteiger partial charge in [-0.2, -0.15) is 0 Å². The Morgan fingerprint density at radius 2 is 1.78 bits per heavy atom. The number of pyridine rings is 1. The van der Waals surface area contributed by atoms with Gasteiger partial charge in [0.05, 0.1) is 6.54 Å². The molecule has 0 bridgehead atoms. The van der Waals surface area contributed by atoms with Gasteiger partial charge in [-0.15, -0.1) is 0 Å². The highest BCUT2D eigenvalue weighted by molar-refractivity contribution is 5.81. The number of H-pyrrole nitrogens is 1. The van der Waals surface area contributed by atoms with Crippen molar-refractivity contribution in [3.8, 4) is 0 Å². The molecule has 0 saturated carbocycles. The smallest absolute Gasteiger partial charge is 0.328 e. The number of rotatable bonds is 6. The van der Waals surface area contributed by atoms with Crippen LogP contribution in [0.3, 0.4) is 0 Å². The maximum Gasteiger partial charge on any atom is 0.328 e. The molecular formula is C23H26N8O. The Balaban J connectivity index is 1.27. The number of hydrogen-bond acceptors (Lipinski definition) is 7. The Labute approximate surface area is 185 Å². The van der Waals surface area contributed by atoms with Crippen molar-refractivity contribution in [3.05, 3.63) is 70.0 Å². The van der Waals surface area contributed by atoms with E-state index in [1.807, 2.05) is 12.1 Å². The summed E-state index contributed by atoms with van der Waals surface area (Å²) in [5.74, 6) is 1.54. The van der Waals surface area contributed by atoms with Gasteiger partial charge >= 0.3 is 5.69 Å². The fourth-order valence-electron chi connectivity index (χ4n) is 4.13. The van der Waals surface area contributed by atoms with E-state index in [2.05, 4.69) is 54.4 Å². The molecule has 3 aromatic heterocycles. The molecule has 9 heteroatoms. The van der Waals surface area contributed by atoms with Crippen molar-refractivity contribution in [2.24, 2.45) is 0 Å². The first-order chi connectivity index (χ1) is 15.5. The van der Waals surface area contributed by atoms with Gasteiger partial charge in [-0.3, -0.25) is 9.47 Å². The quantitative estimate of drug-likeness (QED) is 0.430. The van der Waals surface area contributed by atoms with E-state index in [1.54, 1.807) is 17.7 Å². The van der Waals surface area contributed by atoms with E-state index in [0.29, 0.717) is 23.5 Å². The molecule has 1 aliphatic rings. The highest BCUT2D eigenvalue weighted by Gasteiger charge is 2.13. The summed E-state index contributed by atoms with van der Waals surface area (Å²) in [5.41, 5.74) is 9.80. The molecule has 9 nitrogen and oxygen atoms in total. The second kappa shape index (κ2) is 8.43. The molecule has 1 aromatic carbocycles. The molecule has 0 spiro atoms. The Morgan fingerprint density at radius 1 is 1.03 bits per heavy atom. The largest absolute Gasteiger partial charge is 0.382 e. The minimum absolute atomic E-state index is 0.271. The Kier molecular flexibility index (Phi) is 5.32. The van der Waals surface area contributed by atoms with E-state index in [1.165, 1.54) is 31.5 Å². The highest BCUT2D eigenvalue weighted by atomic mass is 16.1. The van der Waals surface area contributed by atoms with Crippen LogP contribution in [0.4, 0.5) is 17.3 Å². The maximum atomic E-state index is 12.4. The van der Waals surface area contributed by atoms with Gasteiger partial charge in [0.25, 0.3) is 0 Å². The summed E-state index contributed by atoms with van der Waals surface area (Å²) < 4.78 is 1.55. The number of aryl methyl sites for hydroxylation is 1. The predicted octanol–water partition coefficient (Wildman–Crippen LogP) is 2.79. The van der Waals surface area contributed by atoms with Crippen LogP contribution in [0.1, 0.15) is 29.8 Å². The molecule has 5 rings (SSSR count). The van der Waals surface area contributed by atoms with E-state index in [0.717, 1.165) is 23.6 Å². The summed E-state index contributed by atoms with van der Waals surface area (Å²) in [6, 6.07) is 12.3. The van der Waals surface area contributed by atoms with Gasteiger partial charge in [-0.1, -0.05) is 18.2 Å². The van der Waals surface area contributed by atoms with Gasteiger partial charge in [0.2, 0.25) is 0 Å². The van der Waals surface area contributed by atoms with Crippen molar-refractivity contribution < 1.29 is 0 Å². The lowest BCUT2D eigenvalue weighted by Gasteiger charge is -2.15. The molecule has 0 aliphatic carbocycles. The number of aromatic amines is 1. The number of imidazole rings is 1. The van der Waals surface area contributed by atoms with Gasteiger partial charge in [0.1, 0.15) is 17.2 Å². The normalized spacial score (nSPS) is 14.3. The van der Waals surface area contributed by atoms with Crippen LogP contribution in [-0.2, 0) is 13.1 Å². The number of likely N-dealkylation sites (tertiary alicyclic amines) is 1. The minimum atomic E-state index is -0.275. The zero-order chi connectivity index (χ0) is 22.1. The van der Waals surface area contributed by atoms with Crippen molar-refractivity contribution in [1.82, 2.24) is 29.4 Å². The first kappa shape index (κ1) is 20.2. The van der Waals surface area contributed by atoms with E-state index < -0.39 is 0 Å². The number of fused-ring (bicyclic) bond motifs is 1. The molecule has 1 aliphatic heterocycles. The lowest BCUT2D eigenvalue weighted by Crippen LogP contribution is -2.18. The summed E-state index contributed by atoms with van der Waals surface area (Å²) in [6.45, 7) is 5.49. The van der Waals surface area contributed by atoms with Crippen LogP contribution in [0.5, 0.6) is 0 Å². The number of anilines is 3. The average Bonchev–Trinajstić information content (AvgIpc) is 3.40. The Morgan fingerprint density at radius 3 is 2.50 bits per heavy atom. The monoisotopic (exact) mass is 430 g/mol. The second-order valence-electron chi connectivity index (χ2n) is 8.23. The van der Waals surface area contributed by atoms with Crippen LogP contribution in [0.2, 0.25) is 0 Å². The summed E-state index contributed by atoms with van der Waals surface area (Å²) in [6.07, 6.45) is 4.36. The van der Waals surface area contributed by atoms with Crippen LogP contribution in [-0.4, -0.2) is 42.5 Å². The van der Waals surface area contributed by atoms with E-state index in [9.17, 15) is 4.79 Å². The third kappa shape index (κ3) is 4.19. The van der Waals surface area contributed by atoms with Crippen LogP contribution >= 0.6 is 0 Å². The third-order valence-electron chi connectivity index (χ3n) is 5.76. The number of nitrogens with two attached hydrogens (primary N) is 1. The van der Waals surface area contributed by atoms with Crippen molar-refractivity contribution in [1.29, 1.82) is 0 Å². The van der Waals surface area contributed by atoms with E-state index in [4.69, 9.17) is 5.73 Å². The molecule has 4 aromatic rings. The van der Waals surface area contributed by atoms with Crippen LogP contribution in [0, 0.1) is 6.92 Å². The molecule has 0 amide bonds. The fourth-order valence-corrected chi connectivity index (χ4v) is 4.13. The molecule has 4 N–H and O–H groups in total. The first-order valence-electron chi connectivity index (χ1n) is 10.8. The summed E-state index contributed by atoms with van der Waals surface area (Å²) >= 11 is 0. The van der Waals surface area contributed by atoms with E-state index in [-0.39, 0.29) is 11.5 Å². The lowest BCUT2D eigenvalue weighted by molar-refractivity contribution is 0.331. The van der Waals surface area contributed by atoms with Gasteiger partial charge < -0.3 is 16.0 Å². The standard InChI is InChI=1S/C23H26N8O/c1-15-26-21(24)20-22(27-15)31(23(32)29-20)14-17-6-9-19(25-12-17)28-18-7-4-16(5-8-18)13-30-10-2-3-11-30/h4-9,12H,2-3,10-11,13-14H2,1H3,(H,25,28)(H,29,32)(H2,24,26,27). The van der Waals surface area contributed by atoms with Gasteiger partial charge in [-0.05, 0) is 62.2 Å². The SMILES string of the molecule is Cc1nc(N)c2[nH]c(=O)n(Cc3ccc(Nc4ccc(CN5CCCC5)cc4)nc3)c2n1. The topological polar surface area (TPSA) is 118 Å². The number of nitrogen functional groups attached to an aromatic ring is 1. The van der Waals surface area contributed by atoms with Crippen LogP contribution in [0.25, 0.3) is 11.2 Å². The lowest BCUT2D eigenvalue weighted by atomic mass is 10.2.